The highest BCUT2D eigenvalue weighted by Crippen LogP contribution is 2.45. The van der Waals surface area contributed by atoms with E-state index in [9.17, 15) is 0 Å². The van der Waals surface area contributed by atoms with Crippen molar-refractivity contribution in [2.75, 3.05) is 0 Å². The topological polar surface area (TPSA) is 84.2 Å². The molecule has 0 fully saturated rings. The molecule has 0 saturated heterocycles. The van der Waals surface area contributed by atoms with E-state index in [1.807, 2.05) is 97.1 Å². The van der Waals surface area contributed by atoms with Gasteiger partial charge in [-0.05, 0) is 138 Å². The Balaban J connectivity index is 0.000000141. The minimum atomic E-state index is 0.629. The molecular formula is C103H67N9. The first kappa shape index (κ1) is 65.1. The van der Waals surface area contributed by atoms with Crippen molar-refractivity contribution < 1.29 is 0 Å². The summed E-state index contributed by atoms with van der Waals surface area (Å²) in [5.41, 5.74) is 26.4. The van der Waals surface area contributed by atoms with E-state index in [2.05, 4.69) is 328 Å². The smallest absolute Gasteiger partial charge is 0.164 e. The second-order valence-corrected chi connectivity index (χ2v) is 28.3. The van der Waals surface area contributed by atoms with Crippen molar-refractivity contribution in [3.05, 3.63) is 406 Å². The van der Waals surface area contributed by atoms with Crippen LogP contribution < -0.4 is 0 Å². The van der Waals surface area contributed by atoms with Gasteiger partial charge in [-0.2, -0.15) is 0 Å². The van der Waals surface area contributed by atoms with Crippen molar-refractivity contribution in [2.45, 2.75) is 0 Å². The number of benzene rings is 16. The molecule has 22 rings (SSSR count). The van der Waals surface area contributed by atoms with Crippen molar-refractivity contribution >= 4 is 87.2 Å². The second kappa shape index (κ2) is 27.5. The van der Waals surface area contributed by atoms with Crippen LogP contribution in [0.1, 0.15) is 0 Å². The van der Waals surface area contributed by atoms with Crippen LogP contribution in [0.3, 0.4) is 0 Å². The van der Waals surface area contributed by atoms with Crippen LogP contribution in [-0.2, 0) is 0 Å². The van der Waals surface area contributed by atoms with E-state index >= 15 is 0 Å². The molecule has 6 aromatic heterocycles. The number of para-hydroxylation sites is 6. The Morgan fingerprint density at radius 3 is 0.884 bits per heavy atom. The van der Waals surface area contributed by atoms with Gasteiger partial charge in [0, 0.05) is 99.2 Å². The second-order valence-electron chi connectivity index (χ2n) is 28.3. The minimum absolute atomic E-state index is 0.629. The Labute approximate surface area is 645 Å². The molecule has 0 aliphatic rings. The lowest BCUT2D eigenvalue weighted by Crippen LogP contribution is -2.01. The summed E-state index contributed by atoms with van der Waals surface area (Å²) in [6, 6.07) is 144. The highest BCUT2D eigenvalue weighted by Gasteiger charge is 2.23. The maximum atomic E-state index is 5.08. The van der Waals surface area contributed by atoms with Gasteiger partial charge < -0.3 is 18.3 Å². The molecule has 112 heavy (non-hydrogen) atoms. The normalized spacial score (nSPS) is 11.6. The maximum Gasteiger partial charge on any atom is 0.164 e. The molecule has 0 atom stereocenters. The molecule has 0 spiro atoms. The molecule has 0 unspecified atom stereocenters. The van der Waals surface area contributed by atoms with Gasteiger partial charge in [-0.1, -0.05) is 291 Å². The third-order valence-electron chi connectivity index (χ3n) is 21.7. The van der Waals surface area contributed by atoms with Crippen LogP contribution in [0.4, 0.5) is 0 Å². The SMILES string of the molecule is c1ccc(-c2cc(-c3ccc(-n4c5ccccc5c5c(-c6ccc7c(c6)c6ccccc6n7-c6ccccc6)cccc54)cc3)nc(-c3ccccc3)n2)cc1.c1ccc(-c2nc(-c3ccccc3)nc(-c3cccc(-n4c5ccccc5c5c(-c6ccc7c(c6)c6ccccc6n7-c6ccccc6)cccc54)c3)n2)cc1. The molecule has 0 radical (unpaired) electrons. The Hall–Kier alpha value is -15.2. The zero-order valence-corrected chi connectivity index (χ0v) is 60.7. The molecule has 16 aromatic carbocycles. The Kier molecular flexibility index (Phi) is 16.0. The lowest BCUT2D eigenvalue weighted by molar-refractivity contribution is 1.07. The highest BCUT2D eigenvalue weighted by molar-refractivity contribution is 6.19. The summed E-state index contributed by atoms with van der Waals surface area (Å²) in [7, 11) is 0. The number of rotatable bonds is 12. The molecule has 0 N–H and O–H groups in total. The van der Waals surface area contributed by atoms with Crippen molar-refractivity contribution in [1.82, 2.24) is 43.2 Å². The van der Waals surface area contributed by atoms with Crippen LogP contribution in [0.2, 0.25) is 0 Å². The fourth-order valence-corrected chi connectivity index (χ4v) is 16.6. The zero-order valence-electron chi connectivity index (χ0n) is 60.7. The Bertz CT molecular complexity index is 7220. The van der Waals surface area contributed by atoms with Gasteiger partial charge in [0.1, 0.15) is 0 Å². The lowest BCUT2D eigenvalue weighted by atomic mass is 9.98. The first-order valence-corrected chi connectivity index (χ1v) is 37.9. The highest BCUT2D eigenvalue weighted by atomic mass is 15.0. The van der Waals surface area contributed by atoms with Crippen molar-refractivity contribution in [1.29, 1.82) is 0 Å². The summed E-state index contributed by atoms with van der Waals surface area (Å²) in [5, 5.41) is 9.86. The number of hydrogen-bond donors (Lipinski definition) is 0. The van der Waals surface area contributed by atoms with Gasteiger partial charge in [-0.3, -0.25) is 0 Å². The zero-order chi connectivity index (χ0) is 74.0. The molecule has 9 heteroatoms. The number of hydrogen-bond acceptors (Lipinski definition) is 5. The largest absolute Gasteiger partial charge is 0.309 e. The Morgan fingerprint density at radius 1 is 0.152 bits per heavy atom. The van der Waals surface area contributed by atoms with E-state index < -0.39 is 0 Å². The predicted molar refractivity (Wildman–Crippen MR) is 463 cm³/mol. The minimum Gasteiger partial charge on any atom is -0.309 e. The van der Waals surface area contributed by atoms with E-state index in [1.165, 1.54) is 98.4 Å². The monoisotopic (exact) mass is 1430 g/mol. The van der Waals surface area contributed by atoms with Crippen molar-refractivity contribution in [3.8, 4) is 113 Å². The Morgan fingerprint density at radius 2 is 0.438 bits per heavy atom. The van der Waals surface area contributed by atoms with Crippen molar-refractivity contribution in [2.24, 2.45) is 0 Å². The molecule has 6 heterocycles. The number of fused-ring (bicyclic) bond motifs is 12. The van der Waals surface area contributed by atoms with Crippen LogP contribution in [0.25, 0.3) is 200 Å². The van der Waals surface area contributed by atoms with Crippen LogP contribution in [0, 0.1) is 0 Å². The summed E-state index contributed by atoms with van der Waals surface area (Å²) in [6.07, 6.45) is 0. The summed E-state index contributed by atoms with van der Waals surface area (Å²) in [6.45, 7) is 0. The van der Waals surface area contributed by atoms with Gasteiger partial charge in [0.15, 0.2) is 23.3 Å². The van der Waals surface area contributed by atoms with Crippen molar-refractivity contribution in [3.63, 3.8) is 0 Å². The molecule has 524 valence electrons. The summed E-state index contributed by atoms with van der Waals surface area (Å²) < 4.78 is 9.50. The molecule has 9 nitrogen and oxygen atoms in total. The molecule has 0 aliphatic heterocycles. The number of nitrogens with zero attached hydrogens (tertiary/aromatic N) is 9. The van der Waals surface area contributed by atoms with Gasteiger partial charge in [-0.15, -0.1) is 0 Å². The fraction of sp³-hybridized carbons (Fsp3) is 0. The molecule has 22 aromatic rings. The van der Waals surface area contributed by atoms with Crippen LogP contribution in [-0.4, -0.2) is 43.2 Å². The molecular weight excluding hydrogens is 1360 g/mol. The lowest BCUT2D eigenvalue weighted by Gasteiger charge is -2.12. The summed E-state index contributed by atoms with van der Waals surface area (Å²) in [4.78, 5) is 25.1. The number of aromatic nitrogens is 9. The van der Waals surface area contributed by atoms with Gasteiger partial charge in [0.25, 0.3) is 0 Å². The molecule has 0 aliphatic carbocycles. The average Bonchev–Trinajstić information content (AvgIpc) is 1.58. The van der Waals surface area contributed by atoms with Crippen LogP contribution in [0.5, 0.6) is 0 Å². The van der Waals surface area contributed by atoms with Gasteiger partial charge >= 0.3 is 0 Å². The molecule has 0 bridgehead atoms. The summed E-state index contributed by atoms with van der Waals surface area (Å²) in [5.74, 6) is 2.63. The van der Waals surface area contributed by atoms with Gasteiger partial charge in [0.2, 0.25) is 0 Å². The fourth-order valence-electron chi connectivity index (χ4n) is 16.6. The standard InChI is InChI=1S/C52H34N4.C51H33N5/c1-4-15-35(16-5-1)45-34-46(54-52(53-45)37-17-6-2-7-18-37)36-27-30-40(31-28-36)56-48-25-13-11-22-43(48)51-41(23-14-26-50(51)56)38-29-32-49-44(33-38)42-21-10-12-24-47(42)55(49)39-19-8-3-9-20-39;1-4-16-34(17-5-1)49-52-50(35-18-6-2-7-19-35)54-51(53-49)37-20-14-23-39(32-37)56-45-28-13-11-25-42(45)48-40(26-15-29-47(48)56)36-30-31-46-43(33-36)41-24-10-12-27-44(41)55(46)38-21-8-3-9-22-38/h1-34H;1-33H. The van der Waals surface area contributed by atoms with E-state index in [0.717, 1.165) is 78.6 Å². The first-order valence-electron chi connectivity index (χ1n) is 37.9. The summed E-state index contributed by atoms with van der Waals surface area (Å²) >= 11 is 0. The molecule has 0 amide bonds. The van der Waals surface area contributed by atoms with E-state index in [1.54, 1.807) is 0 Å². The van der Waals surface area contributed by atoms with E-state index in [0.29, 0.717) is 23.3 Å². The van der Waals surface area contributed by atoms with E-state index in [-0.39, 0.29) is 0 Å². The van der Waals surface area contributed by atoms with Gasteiger partial charge in [0.05, 0.1) is 55.5 Å². The third kappa shape index (κ3) is 11.4. The average molecular weight is 1430 g/mol. The first-order chi connectivity index (χ1) is 55.6. The predicted octanol–water partition coefficient (Wildman–Crippen LogP) is 26.1. The van der Waals surface area contributed by atoms with Crippen LogP contribution in [0.15, 0.2) is 406 Å². The van der Waals surface area contributed by atoms with E-state index in [4.69, 9.17) is 24.9 Å². The quantitative estimate of drug-likeness (QED) is 0.122. The van der Waals surface area contributed by atoms with Crippen LogP contribution >= 0.6 is 0 Å². The van der Waals surface area contributed by atoms with Gasteiger partial charge in [-0.25, -0.2) is 24.9 Å². The molecule has 0 saturated carbocycles. The third-order valence-corrected chi connectivity index (χ3v) is 21.7. The maximum absolute atomic E-state index is 5.08.